The first-order valence-electron chi connectivity index (χ1n) is 4.58. The van der Waals surface area contributed by atoms with Crippen molar-refractivity contribution in [1.82, 2.24) is 0 Å². The molecular formula is C9H12F2O2. The summed E-state index contributed by atoms with van der Waals surface area (Å²) < 4.78 is 25.7. The van der Waals surface area contributed by atoms with Gasteiger partial charge in [0, 0.05) is 11.8 Å². The Balaban J connectivity index is 1.95. The number of carboxylic acids is 1. The van der Waals surface area contributed by atoms with Crippen LogP contribution in [0.1, 0.15) is 32.1 Å². The molecule has 0 amide bonds. The van der Waals surface area contributed by atoms with Gasteiger partial charge in [-0.3, -0.25) is 4.79 Å². The van der Waals surface area contributed by atoms with Gasteiger partial charge in [0.2, 0.25) is 0 Å². The van der Waals surface area contributed by atoms with Gasteiger partial charge in [0.05, 0.1) is 5.92 Å². The largest absolute Gasteiger partial charge is 0.481 e. The molecule has 2 nitrogen and oxygen atoms in total. The number of hydrogen-bond donors (Lipinski definition) is 1. The minimum Gasteiger partial charge on any atom is -0.481 e. The predicted octanol–water partition coefficient (Wildman–Crippen LogP) is 2.29. The molecule has 0 heterocycles. The third-order valence-corrected chi connectivity index (χ3v) is 3.50. The number of aliphatic carboxylic acids is 1. The molecule has 2 fully saturated rings. The van der Waals surface area contributed by atoms with E-state index >= 15 is 0 Å². The van der Waals surface area contributed by atoms with Crippen molar-refractivity contribution in [2.75, 3.05) is 0 Å². The lowest BCUT2D eigenvalue weighted by Crippen LogP contribution is -2.25. The molecule has 0 aliphatic heterocycles. The third kappa shape index (κ3) is 1.23. The zero-order valence-electron chi connectivity index (χ0n) is 7.22. The van der Waals surface area contributed by atoms with Crippen LogP contribution in [0.25, 0.3) is 0 Å². The van der Waals surface area contributed by atoms with E-state index in [0.717, 1.165) is 0 Å². The average Bonchev–Trinajstić information content (AvgIpc) is 2.53. The van der Waals surface area contributed by atoms with Crippen LogP contribution in [-0.2, 0) is 4.79 Å². The molecule has 2 aliphatic rings. The van der Waals surface area contributed by atoms with Crippen LogP contribution in [0.4, 0.5) is 8.78 Å². The Labute approximate surface area is 74.9 Å². The Kier molecular flexibility index (Phi) is 1.66. The normalized spacial score (nSPS) is 41.8. The topological polar surface area (TPSA) is 37.3 Å². The maximum atomic E-state index is 12.9. The number of hydrogen-bond acceptors (Lipinski definition) is 1. The minimum absolute atomic E-state index is 0.0215. The summed E-state index contributed by atoms with van der Waals surface area (Å²) in [5, 5.41) is 8.67. The van der Waals surface area contributed by atoms with E-state index in [9.17, 15) is 13.6 Å². The second-order valence-electron chi connectivity index (χ2n) is 4.27. The van der Waals surface area contributed by atoms with Gasteiger partial charge in [-0.25, -0.2) is 8.78 Å². The SMILES string of the molecule is O=C(O)C1CCC2(CC1)CC2(F)F. The minimum atomic E-state index is -2.50. The smallest absolute Gasteiger partial charge is 0.306 e. The zero-order valence-corrected chi connectivity index (χ0v) is 7.22. The first kappa shape index (κ1) is 8.91. The van der Waals surface area contributed by atoms with E-state index in [1.807, 2.05) is 0 Å². The van der Waals surface area contributed by atoms with Gasteiger partial charge < -0.3 is 5.11 Å². The first-order chi connectivity index (χ1) is 5.97. The van der Waals surface area contributed by atoms with Crippen LogP contribution in [0.5, 0.6) is 0 Å². The fourth-order valence-electron chi connectivity index (χ4n) is 2.34. The molecule has 4 heteroatoms. The summed E-state index contributed by atoms with van der Waals surface area (Å²) in [6.07, 6.45) is 1.59. The van der Waals surface area contributed by atoms with Crippen LogP contribution in [0.15, 0.2) is 0 Å². The van der Waals surface area contributed by atoms with Gasteiger partial charge in [-0.1, -0.05) is 0 Å². The molecule has 0 radical (unpaired) electrons. The van der Waals surface area contributed by atoms with Crippen LogP contribution < -0.4 is 0 Å². The van der Waals surface area contributed by atoms with Crippen molar-refractivity contribution < 1.29 is 18.7 Å². The van der Waals surface area contributed by atoms with E-state index in [-0.39, 0.29) is 12.3 Å². The summed E-state index contributed by atoms with van der Waals surface area (Å²) in [6.45, 7) is 0. The highest BCUT2D eigenvalue weighted by Crippen LogP contribution is 2.67. The number of halogens is 2. The average molecular weight is 190 g/mol. The van der Waals surface area contributed by atoms with Crippen LogP contribution in [0.2, 0.25) is 0 Å². The molecule has 2 rings (SSSR count). The molecule has 2 saturated carbocycles. The van der Waals surface area contributed by atoms with Gasteiger partial charge in [0.15, 0.2) is 0 Å². The molecule has 74 valence electrons. The lowest BCUT2D eigenvalue weighted by atomic mass is 9.79. The summed E-state index contributed by atoms with van der Waals surface area (Å²) in [5.41, 5.74) is -0.807. The van der Waals surface area contributed by atoms with Gasteiger partial charge in [0.1, 0.15) is 0 Å². The summed E-state index contributed by atoms with van der Waals surface area (Å²) in [6, 6.07) is 0. The third-order valence-electron chi connectivity index (χ3n) is 3.50. The standard InChI is InChI=1S/C9H12F2O2/c10-9(11)5-8(9)3-1-6(2-4-8)7(12)13/h6H,1-5H2,(H,12,13). The van der Waals surface area contributed by atoms with Gasteiger partial charge in [-0.2, -0.15) is 0 Å². The first-order valence-corrected chi connectivity index (χ1v) is 4.58. The van der Waals surface area contributed by atoms with Gasteiger partial charge in [0.25, 0.3) is 5.92 Å². The number of rotatable bonds is 1. The number of carbonyl (C=O) groups is 1. The molecule has 0 atom stereocenters. The fraction of sp³-hybridized carbons (Fsp3) is 0.889. The molecule has 0 saturated heterocycles. The predicted molar refractivity (Wildman–Crippen MR) is 41.6 cm³/mol. The number of carboxylic acid groups (broad SMARTS) is 1. The quantitative estimate of drug-likeness (QED) is 0.688. The van der Waals surface area contributed by atoms with Crippen molar-refractivity contribution in [3.63, 3.8) is 0 Å². The van der Waals surface area contributed by atoms with Crippen LogP contribution in [-0.4, -0.2) is 17.0 Å². The molecule has 0 aromatic heterocycles. The molecule has 0 aromatic rings. The second-order valence-corrected chi connectivity index (χ2v) is 4.27. The van der Waals surface area contributed by atoms with E-state index in [1.165, 1.54) is 0 Å². The molecule has 0 bridgehead atoms. The van der Waals surface area contributed by atoms with Crippen LogP contribution in [0.3, 0.4) is 0 Å². The fourth-order valence-corrected chi connectivity index (χ4v) is 2.34. The second kappa shape index (κ2) is 2.42. The van der Waals surface area contributed by atoms with Crippen molar-refractivity contribution in [1.29, 1.82) is 0 Å². The van der Waals surface area contributed by atoms with Crippen molar-refractivity contribution >= 4 is 5.97 Å². The van der Waals surface area contributed by atoms with Gasteiger partial charge >= 0.3 is 5.97 Å². The lowest BCUT2D eigenvalue weighted by Gasteiger charge is -2.25. The summed E-state index contributed by atoms with van der Waals surface area (Å²) in [5.74, 6) is -3.72. The molecule has 0 aromatic carbocycles. The monoisotopic (exact) mass is 190 g/mol. The highest BCUT2D eigenvalue weighted by molar-refractivity contribution is 5.70. The molecule has 2 aliphatic carbocycles. The van der Waals surface area contributed by atoms with E-state index in [4.69, 9.17) is 5.11 Å². The van der Waals surface area contributed by atoms with E-state index in [1.54, 1.807) is 0 Å². The van der Waals surface area contributed by atoms with E-state index in [2.05, 4.69) is 0 Å². The van der Waals surface area contributed by atoms with Crippen molar-refractivity contribution in [3.8, 4) is 0 Å². The van der Waals surface area contributed by atoms with Crippen LogP contribution >= 0.6 is 0 Å². The van der Waals surface area contributed by atoms with Gasteiger partial charge in [-0.15, -0.1) is 0 Å². The maximum absolute atomic E-state index is 12.9. The van der Waals surface area contributed by atoms with E-state index in [0.29, 0.717) is 25.7 Å². The van der Waals surface area contributed by atoms with Crippen LogP contribution in [0, 0.1) is 11.3 Å². The molecule has 1 spiro atoms. The van der Waals surface area contributed by atoms with Crippen molar-refractivity contribution in [2.45, 2.75) is 38.0 Å². The van der Waals surface area contributed by atoms with Gasteiger partial charge in [-0.05, 0) is 25.7 Å². The Hall–Kier alpha value is -0.670. The summed E-state index contributed by atoms with van der Waals surface area (Å²) in [7, 11) is 0. The highest BCUT2D eigenvalue weighted by atomic mass is 19.3. The maximum Gasteiger partial charge on any atom is 0.306 e. The van der Waals surface area contributed by atoms with E-state index < -0.39 is 17.3 Å². The molecule has 1 N–H and O–H groups in total. The number of alkyl halides is 2. The molecule has 13 heavy (non-hydrogen) atoms. The summed E-state index contributed by atoms with van der Waals surface area (Å²) >= 11 is 0. The zero-order chi connectivity index (χ0) is 9.69. The molecular weight excluding hydrogens is 178 g/mol. The Bertz CT molecular complexity index is 242. The van der Waals surface area contributed by atoms with Crippen molar-refractivity contribution in [3.05, 3.63) is 0 Å². The Morgan fingerprint density at radius 1 is 1.31 bits per heavy atom. The van der Waals surface area contributed by atoms with Crippen molar-refractivity contribution in [2.24, 2.45) is 11.3 Å². The highest BCUT2D eigenvalue weighted by Gasteiger charge is 2.70. The Morgan fingerprint density at radius 3 is 2.08 bits per heavy atom. The Morgan fingerprint density at radius 2 is 1.77 bits per heavy atom. The molecule has 0 unspecified atom stereocenters. The lowest BCUT2D eigenvalue weighted by molar-refractivity contribution is -0.143. The summed E-state index contributed by atoms with van der Waals surface area (Å²) in [4.78, 5) is 10.6.